The lowest BCUT2D eigenvalue weighted by Gasteiger charge is -2.09. The number of hydrogen-bond acceptors (Lipinski definition) is 3. The molecule has 0 bridgehead atoms. The molecule has 0 saturated heterocycles. The number of amides is 3. The van der Waals surface area contributed by atoms with Crippen LogP contribution in [0.5, 0.6) is 0 Å². The van der Waals surface area contributed by atoms with E-state index in [0.29, 0.717) is 5.56 Å². The van der Waals surface area contributed by atoms with Gasteiger partial charge in [-0.05, 0) is 19.1 Å². The summed E-state index contributed by atoms with van der Waals surface area (Å²) in [4.78, 5) is 24.0. The second-order valence-electron chi connectivity index (χ2n) is 3.72. The van der Waals surface area contributed by atoms with E-state index in [1.54, 1.807) is 12.1 Å². The number of nitrogens with zero attached hydrogens (tertiary/aromatic N) is 2. The molecule has 2 N–H and O–H groups in total. The van der Waals surface area contributed by atoms with Crippen LogP contribution in [-0.4, -0.2) is 37.3 Å². The van der Waals surface area contributed by atoms with Crippen LogP contribution in [-0.2, 0) is 0 Å². The minimum atomic E-state index is -0.323. The third kappa shape index (κ3) is 3.89. The molecule has 0 aromatic heterocycles. The number of aryl methyl sites for hydroxylation is 1. The molecule has 0 spiro atoms. The lowest BCUT2D eigenvalue weighted by Crippen LogP contribution is -2.34. The number of nitrogens with one attached hydrogen (secondary N) is 2. The van der Waals surface area contributed by atoms with E-state index < -0.39 is 0 Å². The first-order valence-electron chi connectivity index (χ1n) is 5.39. The van der Waals surface area contributed by atoms with E-state index in [-0.39, 0.29) is 11.9 Å². The summed E-state index contributed by atoms with van der Waals surface area (Å²) >= 11 is 0. The normalized spacial score (nSPS) is 10.2. The van der Waals surface area contributed by atoms with E-state index in [9.17, 15) is 9.59 Å². The Morgan fingerprint density at radius 1 is 1.28 bits per heavy atom. The van der Waals surface area contributed by atoms with Crippen molar-refractivity contribution in [2.45, 2.75) is 6.92 Å². The molecule has 0 unspecified atom stereocenters. The van der Waals surface area contributed by atoms with E-state index in [4.69, 9.17) is 0 Å². The molecule has 0 aliphatic carbocycles. The molecule has 0 radical (unpaired) electrons. The van der Waals surface area contributed by atoms with Crippen LogP contribution in [0.4, 0.5) is 4.79 Å². The maximum absolute atomic E-state index is 11.6. The van der Waals surface area contributed by atoms with Gasteiger partial charge in [0.05, 0.1) is 0 Å². The standard InChI is InChI=1S/C12H16N4O2/c1-9-4-6-10(7-5-9)11(17)15-14-8-16(3)12(18)13-2/h4-8H,1-3H3,(H,13,18)(H,15,17)/b14-8+. The van der Waals surface area contributed by atoms with Gasteiger partial charge in [0.25, 0.3) is 5.91 Å². The fourth-order valence-corrected chi connectivity index (χ4v) is 1.17. The zero-order chi connectivity index (χ0) is 13.5. The van der Waals surface area contributed by atoms with Crippen LogP contribution in [0, 0.1) is 6.92 Å². The fourth-order valence-electron chi connectivity index (χ4n) is 1.17. The van der Waals surface area contributed by atoms with Gasteiger partial charge in [-0.15, -0.1) is 0 Å². The fraction of sp³-hybridized carbons (Fsp3) is 0.250. The highest BCUT2D eigenvalue weighted by Gasteiger charge is 2.04. The second-order valence-corrected chi connectivity index (χ2v) is 3.72. The third-order valence-electron chi connectivity index (χ3n) is 2.25. The van der Waals surface area contributed by atoms with Crippen molar-refractivity contribution in [1.29, 1.82) is 0 Å². The number of urea groups is 1. The molecule has 18 heavy (non-hydrogen) atoms. The molecule has 6 heteroatoms. The molecule has 1 aromatic rings. The molecule has 3 amide bonds. The Bertz CT molecular complexity index is 454. The quantitative estimate of drug-likeness (QED) is 0.474. The molecular weight excluding hydrogens is 232 g/mol. The SMILES string of the molecule is CNC(=O)N(C)/C=N/NC(=O)c1ccc(C)cc1. The Labute approximate surface area is 106 Å². The molecule has 0 fully saturated rings. The average Bonchev–Trinajstić information content (AvgIpc) is 2.38. The number of hydrogen-bond donors (Lipinski definition) is 2. The summed E-state index contributed by atoms with van der Waals surface area (Å²) in [5.74, 6) is -0.323. The van der Waals surface area contributed by atoms with Gasteiger partial charge in [0.1, 0.15) is 6.34 Å². The van der Waals surface area contributed by atoms with Crippen LogP contribution in [0.3, 0.4) is 0 Å². The number of hydrazone groups is 1. The Balaban J connectivity index is 2.53. The molecule has 6 nitrogen and oxygen atoms in total. The van der Waals surface area contributed by atoms with E-state index in [1.165, 1.54) is 25.3 Å². The highest BCUT2D eigenvalue weighted by molar-refractivity contribution is 5.94. The van der Waals surface area contributed by atoms with Crippen LogP contribution >= 0.6 is 0 Å². The van der Waals surface area contributed by atoms with Gasteiger partial charge in [0.15, 0.2) is 0 Å². The lowest BCUT2D eigenvalue weighted by molar-refractivity contribution is 0.0954. The van der Waals surface area contributed by atoms with Crippen molar-refractivity contribution >= 4 is 18.3 Å². The molecule has 1 aromatic carbocycles. The van der Waals surface area contributed by atoms with Gasteiger partial charge in [-0.2, -0.15) is 5.10 Å². The molecule has 0 aliphatic rings. The summed E-state index contributed by atoms with van der Waals surface area (Å²) in [5, 5.41) is 6.10. The topological polar surface area (TPSA) is 73.8 Å². The van der Waals surface area contributed by atoms with Crippen LogP contribution in [0.25, 0.3) is 0 Å². The van der Waals surface area contributed by atoms with Gasteiger partial charge in [0, 0.05) is 19.7 Å². The minimum absolute atomic E-state index is 0.316. The van der Waals surface area contributed by atoms with Gasteiger partial charge in [-0.25, -0.2) is 10.2 Å². The summed E-state index contributed by atoms with van der Waals surface area (Å²) in [6, 6.07) is 6.79. The van der Waals surface area contributed by atoms with E-state index in [2.05, 4.69) is 15.8 Å². The number of carbonyl (C=O) groups excluding carboxylic acids is 2. The third-order valence-corrected chi connectivity index (χ3v) is 2.25. The average molecular weight is 248 g/mol. The Morgan fingerprint density at radius 2 is 1.89 bits per heavy atom. The van der Waals surface area contributed by atoms with E-state index in [0.717, 1.165) is 5.56 Å². The first kappa shape index (κ1) is 13.7. The summed E-state index contributed by atoms with van der Waals surface area (Å²) in [5.41, 5.74) is 3.93. The molecule has 0 heterocycles. The van der Waals surface area contributed by atoms with Gasteiger partial charge in [0.2, 0.25) is 0 Å². The van der Waals surface area contributed by atoms with E-state index in [1.807, 2.05) is 19.1 Å². The van der Waals surface area contributed by atoms with Crippen molar-refractivity contribution in [2.24, 2.45) is 5.10 Å². The molecule has 96 valence electrons. The van der Waals surface area contributed by atoms with Crippen LogP contribution < -0.4 is 10.7 Å². The highest BCUT2D eigenvalue weighted by Crippen LogP contribution is 2.02. The highest BCUT2D eigenvalue weighted by atomic mass is 16.2. The smallest absolute Gasteiger partial charge is 0.322 e. The van der Waals surface area contributed by atoms with E-state index >= 15 is 0 Å². The predicted molar refractivity (Wildman–Crippen MR) is 69.4 cm³/mol. The van der Waals surface area contributed by atoms with Gasteiger partial charge in [-0.3, -0.25) is 9.69 Å². The molecule has 1 rings (SSSR count). The van der Waals surface area contributed by atoms with Crippen LogP contribution in [0.2, 0.25) is 0 Å². The van der Waals surface area contributed by atoms with Gasteiger partial charge in [-0.1, -0.05) is 17.7 Å². The first-order chi connectivity index (χ1) is 8.54. The van der Waals surface area contributed by atoms with Gasteiger partial charge >= 0.3 is 6.03 Å². The lowest BCUT2D eigenvalue weighted by atomic mass is 10.1. The summed E-state index contributed by atoms with van der Waals surface area (Å²) < 4.78 is 0. The number of benzene rings is 1. The molecular formula is C12H16N4O2. The summed E-state index contributed by atoms with van der Waals surface area (Å²) in [7, 11) is 3.04. The maximum atomic E-state index is 11.6. The van der Waals surface area contributed by atoms with Crippen LogP contribution in [0.15, 0.2) is 29.4 Å². The molecule has 0 aliphatic heterocycles. The molecule has 0 atom stereocenters. The van der Waals surface area contributed by atoms with Crippen LogP contribution in [0.1, 0.15) is 15.9 Å². The van der Waals surface area contributed by atoms with Crippen molar-refractivity contribution < 1.29 is 9.59 Å². The first-order valence-corrected chi connectivity index (χ1v) is 5.39. The van der Waals surface area contributed by atoms with Gasteiger partial charge < -0.3 is 5.32 Å². The van der Waals surface area contributed by atoms with Crippen molar-refractivity contribution in [3.8, 4) is 0 Å². The number of rotatable bonds is 3. The molecule has 0 saturated carbocycles. The number of carbonyl (C=O) groups is 2. The Morgan fingerprint density at radius 3 is 2.44 bits per heavy atom. The Hall–Kier alpha value is -2.37. The van der Waals surface area contributed by atoms with Crippen molar-refractivity contribution in [1.82, 2.24) is 15.6 Å². The zero-order valence-electron chi connectivity index (χ0n) is 10.6. The van der Waals surface area contributed by atoms with Crippen molar-refractivity contribution in [3.05, 3.63) is 35.4 Å². The van der Waals surface area contributed by atoms with Crippen molar-refractivity contribution in [3.63, 3.8) is 0 Å². The second kappa shape index (κ2) is 6.39. The maximum Gasteiger partial charge on any atom is 0.322 e. The monoisotopic (exact) mass is 248 g/mol. The zero-order valence-corrected chi connectivity index (χ0v) is 10.6. The minimum Gasteiger partial charge on any atom is -0.341 e. The summed E-state index contributed by atoms with van der Waals surface area (Å²) in [6.45, 7) is 1.94. The summed E-state index contributed by atoms with van der Waals surface area (Å²) in [6.07, 6.45) is 1.23. The Kier molecular flexibility index (Phi) is 4.86. The largest absolute Gasteiger partial charge is 0.341 e. The van der Waals surface area contributed by atoms with Crippen molar-refractivity contribution in [2.75, 3.05) is 14.1 Å². The predicted octanol–water partition coefficient (Wildman–Crippen LogP) is 0.939.